The van der Waals surface area contributed by atoms with Crippen LogP contribution in [-0.4, -0.2) is 5.78 Å². The van der Waals surface area contributed by atoms with Crippen molar-refractivity contribution < 1.29 is 4.79 Å². The van der Waals surface area contributed by atoms with E-state index >= 15 is 0 Å². The highest BCUT2D eigenvalue weighted by atomic mass is 16.1. The van der Waals surface area contributed by atoms with E-state index in [2.05, 4.69) is 24.3 Å². The highest BCUT2D eigenvalue weighted by molar-refractivity contribution is 6.01. The molecule has 0 unspecified atom stereocenters. The number of rotatable bonds is 2. The summed E-state index contributed by atoms with van der Waals surface area (Å²) in [7, 11) is 0. The Hall–Kier alpha value is -3.32. The molecule has 0 saturated carbocycles. The van der Waals surface area contributed by atoms with E-state index in [1.54, 1.807) is 0 Å². The first-order chi connectivity index (χ1) is 13.9. The smallest absolute Gasteiger partial charge is 0.161 e. The molecule has 0 aromatic heterocycles. The number of Topliss-reactive ketones (excluding diaryl/α,β-unsaturated/α-hetero) is 1. The highest BCUT2D eigenvalue weighted by Crippen LogP contribution is 2.47. The van der Waals surface area contributed by atoms with Gasteiger partial charge < -0.3 is 5.73 Å². The lowest BCUT2D eigenvalue weighted by molar-refractivity contribution is -0.116. The van der Waals surface area contributed by atoms with E-state index in [1.165, 1.54) is 0 Å². The topological polar surface area (TPSA) is 70.1 Å². The molecule has 4 rings (SSSR count). The fourth-order valence-electron chi connectivity index (χ4n) is 4.53. The molecule has 146 valence electrons. The number of hydrogen-bond donors (Lipinski definition) is 1. The first kappa shape index (κ1) is 19.0. The van der Waals surface area contributed by atoms with Gasteiger partial charge in [0, 0.05) is 23.4 Å². The second-order valence-corrected chi connectivity index (χ2v) is 8.02. The summed E-state index contributed by atoms with van der Waals surface area (Å²) in [4.78, 5) is 15.1. The van der Waals surface area contributed by atoms with Gasteiger partial charge in [0.1, 0.15) is 5.82 Å². The summed E-state index contributed by atoms with van der Waals surface area (Å²) in [5, 5.41) is 10.1. The molecule has 29 heavy (non-hydrogen) atoms. The van der Waals surface area contributed by atoms with Crippen LogP contribution in [0.3, 0.4) is 0 Å². The molecule has 0 fully saturated rings. The van der Waals surface area contributed by atoms with E-state index in [0.717, 1.165) is 52.1 Å². The fourth-order valence-corrected chi connectivity index (χ4v) is 4.53. The Morgan fingerprint density at radius 2 is 1.83 bits per heavy atom. The van der Waals surface area contributed by atoms with Crippen LogP contribution in [-0.2, 0) is 4.79 Å². The summed E-state index contributed by atoms with van der Waals surface area (Å²) < 4.78 is 0. The fraction of sp³-hybridized carbons (Fsp3) is 0.280. The molecule has 0 amide bonds. The maximum atomic E-state index is 13.2. The molecule has 1 atom stereocenters. The van der Waals surface area contributed by atoms with Crippen molar-refractivity contribution in [3.8, 4) is 6.07 Å². The Kier molecular flexibility index (Phi) is 4.76. The summed E-state index contributed by atoms with van der Waals surface area (Å²) >= 11 is 0. The van der Waals surface area contributed by atoms with Crippen molar-refractivity contribution in [2.24, 2.45) is 5.73 Å². The molecule has 1 aliphatic heterocycles. The number of ketones is 1. The molecule has 2 aromatic rings. The molecule has 0 bridgehead atoms. The summed E-state index contributed by atoms with van der Waals surface area (Å²) in [5.74, 6) is 0.149. The van der Waals surface area contributed by atoms with Crippen molar-refractivity contribution in [3.05, 3.63) is 87.4 Å². The summed E-state index contributed by atoms with van der Waals surface area (Å²) in [6.07, 6.45) is 2.09. The SMILES string of the molecule is Cc1cccc(N2C(N)=C(C#N)[C@@H](c3cc(C)ccc3C)C3=C2CCCC3=O)c1. The van der Waals surface area contributed by atoms with E-state index < -0.39 is 5.92 Å². The number of allylic oxidation sites excluding steroid dienone is 3. The molecule has 2 aromatic carbocycles. The Morgan fingerprint density at radius 3 is 2.55 bits per heavy atom. The van der Waals surface area contributed by atoms with Gasteiger partial charge in [0.15, 0.2) is 5.78 Å². The Labute approximate surface area is 171 Å². The molecular weight excluding hydrogens is 358 g/mol. The van der Waals surface area contributed by atoms with E-state index in [0.29, 0.717) is 17.8 Å². The van der Waals surface area contributed by atoms with Crippen LogP contribution in [0.15, 0.2) is 65.1 Å². The van der Waals surface area contributed by atoms with Gasteiger partial charge in [0.2, 0.25) is 0 Å². The van der Waals surface area contributed by atoms with Gasteiger partial charge >= 0.3 is 0 Å². The van der Waals surface area contributed by atoms with Crippen molar-refractivity contribution in [3.63, 3.8) is 0 Å². The van der Waals surface area contributed by atoms with E-state index in [1.807, 2.05) is 49.9 Å². The summed E-state index contributed by atoms with van der Waals surface area (Å²) in [5.41, 5.74) is 13.9. The normalized spacial score (nSPS) is 19.3. The number of nitrogens with zero attached hydrogens (tertiary/aromatic N) is 2. The maximum Gasteiger partial charge on any atom is 0.161 e. The first-order valence-electron chi connectivity index (χ1n) is 10.0. The minimum atomic E-state index is -0.399. The summed E-state index contributed by atoms with van der Waals surface area (Å²) in [6.45, 7) is 6.08. The lowest BCUT2D eigenvalue weighted by atomic mass is 9.74. The van der Waals surface area contributed by atoms with Crippen molar-refractivity contribution in [1.82, 2.24) is 0 Å². The third-order valence-corrected chi connectivity index (χ3v) is 5.92. The predicted octanol–water partition coefficient (Wildman–Crippen LogP) is 4.92. The number of carbonyl (C=O) groups excluding carboxylic acids is 1. The van der Waals surface area contributed by atoms with Crippen LogP contribution in [0.5, 0.6) is 0 Å². The van der Waals surface area contributed by atoms with Gasteiger partial charge in [-0.25, -0.2) is 0 Å². The Morgan fingerprint density at radius 1 is 1.07 bits per heavy atom. The number of carbonyl (C=O) groups is 1. The van der Waals surface area contributed by atoms with Crippen molar-refractivity contribution in [2.75, 3.05) is 4.90 Å². The monoisotopic (exact) mass is 383 g/mol. The Bertz CT molecular complexity index is 1120. The van der Waals surface area contributed by atoms with Crippen LogP contribution in [0.1, 0.15) is 47.4 Å². The third kappa shape index (κ3) is 3.13. The summed E-state index contributed by atoms with van der Waals surface area (Å²) in [6, 6.07) is 16.6. The van der Waals surface area contributed by atoms with Crippen LogP contribution in [0.2, 0.25) is 0 Å². The quantitative estimate of drug-likeness (QED) is 0.799. The predicted molar refractivity (Wildman–Crippen MR) is 115 cm³/mol. The zero-order valence-electron chi connectivity index (χ0n) is 17.1. The molecule has 4 heteroatoms. The number of anilines is 1. The van der Waals surface area contributed by atoms with Gasteiger partial charge in [-0.2, -0.15) is 5.26 Å². The number of nitriles is 1. The maximum absolute atomic E-state index is 13.2. The van der Waals surface area contributed by atoms with E-state index in [9.17, 15) is 10.1 Å². The standard InChI is InChI=1S/C25H25N3O/c1-15-6-4-7-18(12-15)28-21-8-5-9-22(29)24(21)23(20(14-26)25(28)27)19-13-16(2)10-11-17(19)3/h4,6-7,10-13,23H,5,8-9,27H2,1-3H3/t23-/m1/s1. The van der Waals surface area contributed by atoms with Crippen LogP contribution in [0.25, 0.3) is 0 Å². The van der Waals surface area contributed by atoms with Gasteiger partial charge in [-0.3, -0.25) is 9.69 Å². The number of benzene rings is 2. The minimum absolute atomic E-state index is 0.120. The van der Waals surface area contributed by atoms with Crippen LogP contribution in [0, 0.1) is 32.1 Å². The molecule has 0 saturated heterocycles. The minimum Gasteiger partial charge on any atom is -0.384 e. The van der Waals surface area contributed by atoms with Gasteiger partial charge in [-0.15, -0.1) is 0 Å². The van der Waals surface area contributed by atoms with Gasteiger partial charge in [0.25, 0.3) is 0 Å². The molecule has 0 radical (unpaired) electrons. The Balaban J connectivity index is 2.01. The molecule has 4 nitrogen and oxygen atoms in total. The molecule has 2 N–H and O–H groups in total. The van der Waals surface area contributed by atoms with E-state index in [4.69, 9.17) is 5.73 Å². The van der Waals surface area contributed by atoms with Crippen molar-refractivity contribution in [1.29, 1.82) is 5.26 Å². The zero-order chi connectivity index (χ0) is 20.7. The number of aryl methyl sites for hydroxylation is 3. The lowest BCUT2D eigenvalue weighted by Gasteiger charge is -2.40. The molecule has 1 aliphatic carbocycles. The van der Waals surface area contributed by atoms with E-state index in [-0.39, 0.29) is 5.78 Å². The van der Waals surface area contributed by atoms with Crippen molar-refractivity contribution >= 4 is 11.5 Å². The van der Waals surface area contributed by atoms with Gasteiger partial charge in [-0.1, -0.05) is 35.9 Å². The average molecular weight is 383 g/mol. The molecule has 1 heterocycles. The molecule has 2 aliphatic rings. The van der Waals surface area contributed by atoms with Gasteiger partial charge in [0.05, 0.1) is 17.6 Å². The third-order valence-electron chi connectivity index (χ3n) is 5.92. The molecule has 0 spiro atoms. The number of nitrogens with two attached hydrogens (primary N) is 1. The van der Waals surface area contributed by atoms with Gasteiger partial charge in [-0.05, 0) is 62.4 Å². The van der Waals surface area contributed by atoms with Crippen molar-refractivity contribution in [2.45, 2.75) is 46.0 Å². The number of hydrogen-bond acceptors (Lipinski definition) is 4. The molecular formula is C25H25N3O. The second-order valence-electron chi connectivity index (χ2n) is 8.02. The second kappa shape index (κ2) is 7.25. The van der Waals surface area contributed by atoms with Crippen LogP contribution < -0.4 is 10.6 Å². The average Bonchev–Trinajstić information content (AvgIpc) is 2.69. The first-order valence-corrected chi connectivity index (χ1v) is 10.0. The largest absolute Gasteiger partial charge is 0.384 e. The zero-order valence-corrected chi connectivity index (χ0v) is 17.1. The van der Waals surface area contributed by atoms with Crippen LogP contribution in [0.4, 0.5) is 5.69 Å². The highest BCUT2D eigenvalue weighted by Gasteiger charge is 2.40. The lowest BCUT2D eigenvalue weighted by Crippen LogP contribution is -2.38. The van der Waals surface area contributed by atoms with Crippen LogP contribution >= 0.6 is 0 Å².